The Bertz CT molecular complexity index is 2920. The van der Waals surface area contributed by atoms with Crippen molar-refractivity contribution < 1.29 is 0 Å². The summed E-state index contributed by atoms with van der Waals surface area (Å²) >= 11 is 0. The Morgan fingerprint density at radius 2 is 0.698 bits per heavy atom. The average molecular weight is 673 g/mol. The number of rotatable bonds is 5. The van der Waals surface area contributed by atoms with Crippen LogP contribution in [0.15, 0.2) is 194 Å². The highest BCUT2D eigenvalue weighted by molar-refractivity contribution is 6.21. The zero-order valence-electron chi connectivity index (χ0n) is 28.9. The van der Waals surface area contributed by atoms with Crippen molar-refractivity contribution in [3.63, 3.8) is 0 Å². The Morgan fingerprint density at radius 3 is 1.17 bits per heavy atom. The third-order valence-corrected chi connectivity index (χ3v) is 10.6. The van der Waals surface area contributed by atoms with Gasteiger partial charge >= 0.3 is 0 Å². The second-order valence-corrected chi connectivity index (χ2v) is 13.6. The van der Waals surface area contributed by atoms with Crippen LogP contribution in [0.4, 0.5) is 0 Å². The Labute approximate surface area is 308 Å². The van der Waals surface area contributed by atoms with E-state index in [1.54, 1.807) is 0 Å². The number of aromatic nitrogens is 1. The Hall–Kier alpha value is -7.21. The minimum atomic E-state index is 0.640. The number of benzene rings is 9. The SMILES string of the molecule is N#Cc1cc(-c2ccc(-c3c4ccccc4c(-c4ccccc4)c4ccccc34)cc2)cc(-c2ccc(-n3c4ccccc4c4ccccc43)cc2)c1. The fraction of sp³-hybridized carbons (Fsp3) is 0. The molecule has 0 fully saturated rings. The fourth-order valence-electron chi connectivity index (χ4n) is 8.21. The summed E-state index contributed by atoms with van der Waals surface area (Å²) in [6.07, 6.45) is 0. The molecule has 0 unspecified atom stereocenters. The maximum Gasteiger partial charge on any atom is 0.0992 e. The second kappa shape index (κ2) is 12.5. The molecule has 1 aromatic heterocycles. The first kappa shape index (κ1) is 30.6. The van der Waals surface area contributed by atoms with E-state index < -0.39 is 0 Å². The zero-order chi connectivity index (χ0) is 35.3. The Kier molecular flexibility index (Phi) is 7.23. The molecule has 53 heavy (non-hydrogen) atoms. The van der Waals surface area contributed by atoms with Crippen LogP contribution in [-0.2, 0) is 0 Å². The normalized spacial score (nSPS) is 11.4. The summed E-state index contributed by atoms with van der Waals surface area (Å²) in [7, 11) is 0. The third kappa shape index (κ3) is 5.10. The number of nitrogens with zero attached hydrogens (tertiary/aromatic N) is 2. The molecule has 0 saturated carbocycles. The topological polar surface area (TPSA) is 28.7 Å². The van der Waals surface area contributed by atoms with E-state index in [9.17, 15) is 5.26 Å². The van der Waals surface area contributed by atoms with E-state index in [-0.39, 0.29) is 0 Å². The zero-order valence-corrected chi connectivity index (χ0v) is 28.9. The van der Waals surface area contributed by atoms with Crippen LogP contribution < -0.4 is 0 Å². The van der Waals surface area contributed by atoms with E-state index in [1.165, 1.54) is 60.0 Å². The minimum absolute atomic E-state index is 0.640. The van der Waals surface area contributed by atoms with Gasteiger partial charge in [0.2, 0.25) is 0 Å². The molecule has 10 aromatic rings. The Morgan fingerprint density at radius 1 is 0.321 bits per heavy atom. The lowest BCUT2D eigenvalue weighted by atomic mass is 9.85. The molecule has 2 heteroatoms. The third-order valence-electron chi connectivity index (χ3n) is 10.6. The first-order valence-corrected chi connectivity index (χ1v) is 18.0. The summed E-state index contributed by atoms with van der Waals surface area (Å²) in [6, 6.07) is 71.5. The van der Waals surface area contributed by atoms with Gasteiger partial charge in [0.15, 0.2) is 0 Å². The van der Waals surface area contributed by atoms with Gasteiger partial charge in [-0.15, -0.1) is 0 Å². The fourth-order valence-corrected chi connectivity index (χ4v) is 8.21. The lowest BCUT2D eigenvalue weighted by molar-refractivity contribution is 1.18. The number of hydrogen-bond acceptors (Lipinski definition) is 1. The highest BCUT2D eigenvalue weighted by Crippen LogP contribution is 2.44. The highest BCUT2D eigenvalue weighted by atomic mass is 15.0. The molecule has 0 bridgehead atoms. The predicted molar refractivity (Wildman–Crippen MR) is 222 cm³/mol. The average Bonchev–Trinajstić information content (AvgIpc) is 3.57. The van der Waals surface area contributed by atoms with Gasteiger partial charge in [0.25, 0.3) is 0 Å². The molecule has 246 valence electrons. The molecule has 0 aliphatic rings. The molecule has 0 amide bonds. The number of nitriles is 1. The van der Waals surface area contributed by atoms with Crippen LogP contribution in [0.1, 0.15) is 5.56 Å². The van der Waals surface area contributed by atoms with Crippen LogP contribution in [0.25, 0.3) is 93.5 Å². The van der Waals surface area contributed by atoms with Gasteiger partial charge in [0.1, 0.15) is 0 Å². The van der Waals surface area contributed by atoms with Crippen LogP contribution in [-0.4, -0.2) is 4.57 Å². The quantitative estimate of drug-likeness (QED) is 0.167. The standard InChI is InChI=1S/C51H32N2/c52-33-34-30-39(32-40(31-34)36-26-28-41(29-27-36)53-48-20-10-8-14-42(48)43-15-9-11-21-49(43)53)35-22-24-38(25-23-35)51-46-18-6-4-16-44(46)50(37-12-2-1-3-13-37)45-17-5-7-19-47(45)51/h1-32H. The molecule has 10 rings (SSSR count). The molecule has 0 saturated heterocycles. The van der Waals surface area contributed by atoms with Crippen molar-refractivity contribution in [1.82, 2.24) is 4.57 Å². The van der Waals surface area contributed by atoms with Crippen LogP contribution in [0.3, 0.4) is 0 Å². The van der Waals surface area contributed by atoms with Crippen molar-refractivity contribution in [2.24, 2.45) is 0 Å². The number of hydrogen-bond donors (Lipinski definition) is 0. The van der Waals surface area contributed by atoms with Gasteiger partial charge in [-0.05, 0) is 109 Å². The van der Waals surface area contributed by atoms with Gasteiger partial charge in [0, 0.05) is 16.5 Å². The summed E-state index contributed by atoms with van der Waals surface area (Å²) in [5, 5.41) is 17.5. The molecule has 0 radical (unpaired) electrons. The smallest absolute Gasteiger partial charge is 0.0992 e. The summed E-state index contributed by atoms with van der Waals surface area (Å²) in [4.78, 5) is 0. The Balaban J connectivity index is 1.04. The van der Waals surface area contributed by atoms with Crippen LogP contribution in [0.5, 0.6) is 0 Å². The van der Waals surface area contributed by atoms with E-state index in [0.717, 1.165) is 33.5 Å². The summed E-state index contributed by atoms with van der Waals surface area (Å²) < 4.78 is 2.33. The molecule has 9 aromatic carbocycles. The van der Waals surface area contributed by atoms with Gasteiger partial charge in [-0.1, -0.05) is 152 Å². The molecular weight excluding hydrogens is 641 g/mol. The van der Waals surface area contributed by atoms with Gasteiger partial charge < -0.3 is 4.57 Å². The maximum atomic E-state index is 10.1. The van der Waals surface area contributed by atoms with Gasteiger partial charge in [0.05, 0.1) is 22.7 Å². The van der Waals surface area contributed by atoms with Crippen molar-refractivity contribution in [3.8, 4) is 56.3 Å². The summed E-state index contributed by atoms with van der Waals surface area (Å²) in [5.41, 5.74) is 13.2. The maximum absolute atomic E-state index is 10.1. The molecule has 0 atom stereocenters. The number of para-hydroxylation sites is 2. The van der Waals surface area contributed by atoms with E-state index in [4.69, 9.17) is 0 Å². The molecule has 0 N–H and O–H groups in total. The van der Waals surface area contributed by atoms with Crippen molar-refractivity contribution in [3.05, 3.63) is 200 Å². The second-order valence-electron chi connectivity index (χ2n) is 13.6. The summed E-state index contributed by atoms with van der Waals surface area (Å²) in [6.45, 7) is 0. The lowest BCUT2D eigenvalue weighted by Gasteiger charge is -2.18. The molecule has 1 heterocycles. The predicted octanol–water partition coefficient (Wildman–Crippen LogP) is 13.6. The molecule has 2 nitrogen and oxygen atoms in total. The van der Waals surface area contributed by atoms with Gasteiger partial charge in [-0.3, -0.25) is 0 Å². The van der Waals surface area contributed by atoms with Crippen molar-refractivity contribution in [1.29, 1.82) is 5.26 Å². The first-order valence-electron chi connectivity index (χ1n) is 18.0. The highest BCUT2D eigenvalue weighted by Gasteiger charge is 2.17. The monoisotopic (exact) mass is 672 g/mol. The molecule has 0 aliphatic heterocycles. The minimum Gasteiger partial charge on any atom is -0.309 e. The van der Waals surface area contributed by atoms with E-state index in [0.29, 0.717) is 5.56 Å². The molecule has 0 aliphatic carbocycles. The summed E-state index contributed by atoms with van der Waals surface area (Å²) in [5.74, 6) is 0. The van der Waals surface area contributed by atoms with Crippen molar-refractivity contribution in [2.75, 3.05) is 0 Å². The largest absolute Gasteiger partial charge is 0.309 e. The number of fused-ring (bicyclic) bond motifs is 5. The van der Waals surface area contributed by atoms with Crippen LogP contribution >= 0.6 is 0 Å². The van der Waals surface area contributed by atoms with Crippen LogP contribution in [0, 0.1) is 11.3 Å². The molecule has 0 spiro atoms. The van der Waals surface area contributed by atoms with Crippen molar-refractivity contribution in [2.45, 2.75) is 0 Å². The van der Waals surface area contributed by atoms with E-state index in [1.807, 2.05) is 12.1 Å². The van der Waals surface area contributed by atoms with E-state index >= 15 is 0 Å². The van der Waals surface area contributed by atoms with Crippen molar-refractivity contribution >= 4 is 43.4 Å². The van der Waals surface area contributed by atoms with E-state index in [2.05, 4.69) is 193 Å². The van der Waals surface area contributed by atoms with Gasteiger partial charge in [-0.2, -0.15) is 5.26 Å². The molecular formula is C51H32N2. The van der Waals surface area contributed by atoms with Crippen LogP contribution in [0.2, 0.25) is 0 Å². The lowest BCUT2D eigenvalue weighted by Crippen LogP contribution is -1.93. The first-order chi connectivity index (χ1) is 26.2. The van der Waals surface area contributed by atoms with Gasteiger partial charge in [-0.25, -0.2) is 0 Å².